The number of aliphatic hydroxyl groups is 2. The second-order valence-corrected chi connectivity index (χ2v) is 5.53. The molecule has 3 nitrogen and oxygen atoms in total. The van der Waals surface area contributed by atoms with E-state index in [9.17, 15) is 8.78 Å². The first-order valence-corrected chi connectivity index (χ1v) is 6.16. The Morgan fingerprint density at radius 1 is 1.20 bits per heavy atom. The average Bonchev–Trinajstić information content (AvgIpc) is 2.28. The van der Waals surface area contributed by atoms with Gasteiger partial charge in [-0.05, 0) is 33.8 Å². The van der Waals surface area contributed by atoms with Crippen LogP contribution in [-0.2, 0) is 0 Å². The van der Waals surface area contributed by atoms with Crippen molar-refractivity contribution >= 4 is 24.9 Å². The van der Waals surface area contributed by atoms with E-state index in [1.165, 1.54) is 12.1 Å². The molecular weight excluding hydrogens is 288 g/mol. The van der Waals surface area contributed by atoms with Gasteiger partial charge in [-0.3, -0.25) is 0 Å². The van der Waals surface area contributed by atoms with Gasteiger partial charge in [0, 0.05) is 0 Å². The number of benzene rings is 1. The largest absolute Gasteiger partial charge is 0.461 e. The van der Waals surface area contributed by atoms with Crippen LogP contribution in [0.15, 0.2) is 12.1 Å². The molecule has 0 aromatic heterocycles. The Morgan fingerprint density at radius 2 is 1.65 bits per heavy atom. The maximum absolute atomic E-state index is 12.9. The van der Waals surface area contributed by atoms with E-state index in [1.807, 2.05) is 0 Å². The lowest BCUT2D eigenvalue weighted by atomic mass is 9.90. The molecule has 0 bridgehead atoms. The highest BCUT2D eigenvalue weighted by Crippen LogP contribution is 2.25. The van der Waals surface area contributed by atoms with Gasteiger partial charge >= 0.3 is 0 Å². The summed E-state index contributed by atoms with van der Waals surface area (Å²) < 4.78 is 28.9. The van der Waals surface area contributed by atoms with Crippen LogP contribution >= 0.6 is 11.6 Å². The van der Waals surface area contributed by atoms with Crippen molar-refractivity contribution in [1.29, 1.82) is 0 Å². The van der Waals surface area contributed by atoms with Gasteiger partial charge < -0.3 is 14.9 Å². The summed E-state index contributed by atoms with van der Waals surface area (Å²) in [6.07, 6.45) is 0. The first kappa shape index (κ1) is 19.2. The molecule has 0 aliphatic rings. The summed E-state index contributed by atoms with van der Waals surface area (Å²) in [5, 5.41) is 17.9. The van der Waals surface area contributed by atoms with Gasteiger partial charge in [-0.1, -0.05) is 23.1 Å². The van der Waals surface area contributed by atoms with E-state index in [-0.39, 0.29) is 16.2 Å². The van der Waals surface area contributed by atoms with Crippen LogP contribution in [0.25, 0.3) is 0 Å². The highest BCUT2D eigenvalue weighted by molar-refractivity contribution is 6.37. The van der Waals surface area contributed by atoms with Crippen molar-refractivity contribution in [2.45, 2.75) is 38.9 Å². The van der Waals surface area contributed by atoms with Crippen molar-refractivity contribution < 1.29 is 23.7 Å². The molecule has 7 heteroatoms. The maximum Gasteiger partial charge on any atom is 0.228 e. The van der Waals surface area contributed by atoms with Crippen LogP contribution in [0.3, 0.4) is 0 Å². The fourth-order valence-electron chi connectivity index (χ4n) is 0.717. The Hall–Kier alpha value is -0.845. The minimum absolute atomic E-state index is 0.0501. The van der Waals surface area contributed by atoms with Crippen LogP contribution in [0.1, 0.15) is 27.7 Å². The van der Waals surface area contributed by atoms with Gasteiger partial charge in [0.15, 0.2) is 0 Å². The highest BCUT2D eigenvalue weighted by Gasteiger charge is 2.31. The quantitative estimate of drug-likeness (QED) is 0.841. The summed E-state index contributed by atoms with van der Waals surface area (Å²) in [5.41, 5.74) is -2.11. The van der Waals surface area contributed by atoms with E-state index in [4.69, 9.17) is 29.7 Å². The third-order valence-corrected chi connectivity index (χ3v) is 3.14. The third kappa shape index (κ3) is 5.65. The first-order valence-electron chi connectivity index (χ1n) is 5.78. The molecule has 0 amide bonds. The van der Waals surface area contributed by atoms with Gasteiger partial charge in [0.2, 0.25) is 6.86 Å². The molecule has 0 fully saturated rings. The van der Waals surface area contributed by atoms with E-state index >= 15 is 0 Å². The average molecular weight is 307 g/mol. The van der Waals surface area contributed by atoms with E-state index in [0.717, 1.165) is 0 Å². The lowest BCUT2D eigenvalue weighted by Gasteiger charge is -2.31. The fraction of sp³-hybridized carbons (Fsp3) is 0.538. The lowest BCUT2D eigenvalue weighted by Crippen LogP contribution is -2.44. The van der Waals surface area contributed by atoms with Crippen molar-refractivity contribution in [2.24, 2.45) is 0 Å². The van der Waals surface area contributed by atoms with Crippen LogP contribution in [0, 0.1) is 5.82 Å². The number of ether oxygens (including phenoxy) is 1. The van der Waals surface area contributed by atoms with E-state index < -0.39 is 23.9 Å². The van der Waals surface area contributed by atoms with Crippen LogP contribution in [0.5, 0.6) is 5.75 Å². The molecule has 0 saturated heterocycles. The second kappa shape index (κ2) is 7.25. The van der Waals surface area contributed by atoms with Crippen LogP contribution in [0.4, 0.5) is 8.78 Å². The number of halogens is 3. The number of rotatable bonds is 3. The fourth-order valence-corrected chi connectivity index (χ4v) is 0.944. The van der Waals surface area contributed by atoms with Gasteiger partial charge in [-0.2, -0.15) is 0 Å². The molecule has 0 aliphatic carbocycles. The van der Waals surface area contributed by atoms with Crippen molar-refractivity contribution in [3.63, 3.8) is 0 Å². The summed E-state index contributed by atoms with van der Waals surface area (Å²) in [5.74, 6) is -0.839. The van der Waals surface area contributed by atoms with Crippen LogP contribution in [0.2, 0.25) is 5.02 Å². The van der Waals surface area contributed by atoms with Crippen molar-refractivity contribution in [1.82, 2.24) is 0 Å². The molecule has 0 heterocycles. The first-order chi connectivity index (χ1) is 8.91. The Kier molecular flexibility index (Phi) is 6.94. The predicted molar refractivity (Wildman–Crippen MR) is 76.0 cm³/mol. The molecular formula is C13H18BClF2O3. The molecule has 20 heavy (non-hydrogen) atoms. The number of alkyl halides is 1. The van der Waals surface area contributed by atoms with Gasteiger partial charge in [-0.15, -0.1) is 0 Å². The maximum atomic E-state index is 12.9. The van der Waals surface area contributed by atoms with E-state index in [0.29, 0.717) is 0 Å². The smallest absolute Gasteiger partial charge is 0.228 e. The van der Waals surface area contributed by atoms with E-state index in [1.54, 1.807) is 27.7 Å². The summed E-state index contributed by atoms with van der Waals surface area (Å²) in [7, 11) is 5.18. The number of hydrogen-bond acceptors (Lipinski definition) is 3. The topological polar surface area (TPSA) is 49.7 Å². The zero-order valence-electron chi connectivity index (χ0n) is 11.9. The van der Waals surface area contributed by atoms with E-state index in [2.05, 4.69) is 4.74 Å². The minimum atomic E-state index is -1.05. The standard InChI is InChI=1S/C7H4BClF2O.C6H14O2/c8-4-1-2-5(12-3-10)6(9)7(4)11;1-5(2,7)6(3,4)8/h1-2H,3H2;7-8H,1-4H3. The summed E-state index contributed by atoms with van der Waals surface area (Å²) in [6, 6.07) is 2.56. The van der Waals surface area contributed by atoms with Gasteiger partial charge in [-0.25, -0.2) is 8.78 Å². The Bertz CT molecular complexity index is 430. The molecule has 0 atom stereocenters. The molecule has 1 aromatic carbocycles. The normalized spacial score (nSPS) is 11.7. The highest BCUT2D eigenvalue weighted by atomic mass is 35.5. The molecule has 0 saturated carbocycles. The molecule has 2 radical (unpaired) electrons. The summed E-state index contributed by atoms with van der Waals surface area (Å²) in [6.45, 7) is 5.25. The summed E-state index contributed by atoms with van der Waals surface area (Å²) in [4.78, 5) is 0. The Labute approximate surface area is 123 Å². The van der Waals surface area contributed by atoms with Gasteiger partial charge in [0.05, 0.1) is 11.2 Å². The molecule has 112 valence electrons. The third-order valence-electron chi connectivity index (χ3n) is 2.78. The van der Waals surface area contributed by atoms with Crippen molar-refractivity contribution in [3.05, 3.63) is 23.0 Å². The molecule has 0 aliphatic heterocycles. The minimum Gasteiger partial charge on any atom is -0.461 e. The SMILES string of the molecule is CC(C)(O)C(C)(C)O.[B]c1ccc(OCF)c(Cl)c1F. The number of hydrogen-bond donors (Lipinski definition) is 2. The van der Waals surface area contributed by atoms with Crippen LogP contribution < -0.4 is 10.2 Å². The lowest BCUT2D eigenvalue weighted by molar-refractivity contribution is -0.107. The Balaban J connectivity index is 0.000000396. The summed E-state index contributed by atoms with van der Waals surface area (Å²) >= 11 is 5.43. The zero-order chi connectivity index (χ0) is 16.1. The van der Waals surface area contributed by atoms with Crippen molar-refractivity contribution in [2.75, 3.05) is 6.86 Å². The van der Waals surface area contributed by atoms with Crippen LogP contribution in [-0.4, -0.2) is 36.1 Å². The van der Waals surface area contributed by atoms with Gasteiger partial charge in [0.25, 0.3) is 0 Å². The molecule has 1 aromatic rings. The molecule has 1 rings (SSSR count). The predicted octanol–water partition coefficient (Wildman–Crippen LogP) is 2.11. The Morgan fingerprint density at radius 3 is 2.00 bits per heavy atom. The van der Waals surface area contributed by atoms with Gasteiger partial charge in [0.1, 0.15) is 24.4 Å². The zero-order valence-corrected chi connectivity index (χ0v) is 12.6. The monoisotopic (exact) mass is 306 g/mol. The molecule has 0 spiro atoms. The second-order valence-electron chi connectivity index (χ2n) is 5.15. The molecule has 0 unspecified atom stereocenters. The molecule has 2 N–H and O–H groups in total. The van der Waals surface area contributed by atoms with Crippen molar-refractivity contribution in [3.8, 4) is 5.75 Å².